The average molecular weight is 264 g/mol. The van der Waals surface area contributed by atoms with Crippen LogP contribution in [0.5, 0.6) is 0 Å². The lowest BCUT2D eigenvalue weighted by Gasteiger charge is -2.22. The van der Waals surface area contributed by atoms with Crippen LogP contribution in [0, 0.1) is 20.8 Å². The molecule has 0 aliphatic rings. The van der Waals surface area contributed by atoms with Gasteiger partial charge in [0.2, 0.25) is 0 Å². The summed E-state index contributed by atoms with van der Waals surface area (Å²) in [7, 11) is 2.11. The van der Waals surface area contributed by atoms with Gasteiger partial charge < -0.3 is 4.42 Å². The fourth-order valence-electron chi connectivity index (χ4n) is 2.09. The minimum Gasteiger partial charge on any atom is -0.465 e. The van der Waals surface area contributed by atoms with Crippen molar-refractivity contribution in [3.8, 4) is 0 Å². The predicted molar refractivity (Wildman–Crippen MR) is 74.9 cm³/mol. The minimum atomic E-state index is 0.306. The molecule has 0 radical (unpaired) electrons. The number of nitrogens with zero attached hydrogens (tertiary/aromatic N) is 2. The molecule has 0 aromatic carbocycles. The second-order valence-electron chi connectivity index (χ2n) is 4.78. The number of hydrogen-bond donors (Lipinski definition) is 0. The summed E-state index contributed by atoms with van der Waals surface area (Å²) in [6.45, 7) is 9.17. The van der Waals surface area contributed by atoms with Crippen molar-refractivity contribution >= 4 is 11.3 Å². The SMILES string of the molecule is Cc1ccc(CN(C)[C@@H](C)c2nc(C)sc2C)o1. The highest BCUT2D eigenvalue weighted by atomic mass is 32.1. The van der Waals surface area contributed by atoms with Crippen LogP contribution in [-0.2, 0) is 6.54 Å². The van der Waals surface area contributed by atoms with E-state index in [0.29, 0.717) is 6.04 Å². The van der Waals surface area contributed by atoms with Crippen LogP contribution in [0.1, 0.15) is 40.1 Å². The summed E-state index contributed by atoms with van der Waals surface area (Å²) < 4.78 is 5.62. The van der Waals surface area contributed by atoms with Crippen LogP contribution < -0.4 is 0 Å². The Kier molecular flexibility index (Phi) is 3.88. The molecule has 3 nitrogen and oxygen atoms in total. The molecule has 1 atom stereocenters. The molecule has 0 fully saturated rings. The summed E-state index contributed by atoms with van der Waals surface area (Å²) >= 11 is 1.76. The minimum absolute atomic E-state index is 0.306. The first-order valence-corrected chi connectivity index (χ1v) is 6.98. The normalized spacial score (nSPS) is 13.2. The first-order chi connectivity index (χ1) is 8.47. The van der Waals surface area contributed by atoms with Gasteiger partial charge in [0.05, 0.1) is 23.3 Å². The molecule has 18 heavy (non-hydrogen) atoms. The summed E-state index contributed by atoms with van der Waals surface area (Å²) in [5.74, 6) is 1.97. The predicted octanol–water partition coefficient (Wildman–Crippen LogP) is 3.85. The van der Waals surface area contributed by atoms with Crippen molar-refractivity contribution in [1.29, 1.82) is 0 Å². The largest absolute Gasteiger partial charge is 0.465 e. The van der Waals surface area contributed by atoms with E-state index < -0.39 is 0 Å². The zero-order valence-electron chi connectivity index (χ0n) is 11.7. The van der Waals surface area contributed by atoms with Crippen molar-refractivity contribution in [2.24, 2.45) is 0 Å². The Bertz CT molecular complexity index is 530. The maximum Gasteiger partial charge on any atom is 0.118 e. The van der Waals surface area contributed by atoms with Crippen LogP contribution in [0.4, 0.5) is 0 Å². The van der Waals surface area contributed by atoms with Crippen molar-refractivity contribution in [3.63, 3.8) is 0 Å². The molecule has 0 saturated carbocycles. The molecule has 98 valence electrons. The zero-order chi connectivity index (χ0) is 13.3. The van der Waals surface area contributed by atoms with Gasteiger partial charge in [-0.25, -0.2) is 4.98 Å². The number of hydrogen-bond acceptors (Lipinski definition) is 4. The van der Waals surface area contributed by atoms with E-state index in [2.05, 4.69) is 37.7 Å². The molecule has 0 spiro atoms. The molecule has 4 heteroatoms. The third-order valence-corrected chi connectivity index (χ3v) is 4.10. The van der Waals surface area contributed by atoms with Gasteiger partial charge in [0, 0.05) is 4.88 Å². The van der Waals surface area contributed by atoms with Crippen LogP contribution in [0.25, 0.3) is 0 Å². The van der Waals surface area contributed by atoms with Crippen molar-refractivity contribution < 1.29 is 4.42 Å². The number of thiazole rings is 1. The first kappa shape index (κ1) is 13.3. The fraction of sp³-hybridized carbons (Fsp3) is 0.500. The van der Waals surface area contributed by atoms with E-state index in [4.69, 9.17) is 4.42 Å². The first-order valence-electron chi connectivity index (χ1n) is 6.17. The van der Waals surface area contributed by atoms with Gasteiger partial charge in [0.1, 0.15) is 11.5 Å². The highest BCUT2D eigenvalue weighted by Gasteiger charge is 2.18. The summed E-state index contributed by atoms with van der Waals surface area (Å²) in [5, 5.41) is 1.14. The number of aryl methyl sites for hydroxylation is 3. The molecule has 0 saturated heterocycles. The third kappa shape index (κ3) is 2.82. The van der Waals surface area contributed by atoms with Crippen LogP contribution in [0.3, 0.4) is 0 Å². The summed E-state index contributed by atoms with van der Waals surface area (Å²) in [4.78, 5) is 8.20. The molecule has 0 bridgehead atoms. The lowest BCUT2D eigenvalue weighted by Crippen LogP contribution is -2.22. The molecule has 2 aromatic rings. The molecule has 0 unspecified atom stereocenters. The zero-order valence-corrected chi connectivity index (χ0v) is 12.5. The Balaban J connectivity index is 2.09. The van der Waals surface area contributed by atoms with E-state index >= 15 is 0 Å². The van der Waals surface area contributed by atoms with Crippen LogP contribution in [0.15, 0.2) is 16.5 Å². The van der Waals surface area contributed by atoms with E-state index in [-0.39, 0.29) is 0 Å². The standard InChI is InChI=1S/C14H20N2OS/c1-9-6-7-13(17-9)8-16(5)10(2)14-11(3)18-12(4)15-14/h6-7,10H,8H2,1-5H3/t10-/m0/s1. The van der Waals surface area contributed by atoms with E-state index in [0.717, 1.165) is 23.1 Å². The third-order valence-electron chi connectivity index (χ3n) is 3.20. The Morgan fingerprint density at radius 3 is 2.56 bits per heavy atom. The Morgan fingerprint density at radius 2 is 2.06 bits per heavy atom. The van der Waals surface area contributed by atoms with Gasteiger partial charge in [0.15, 0.2) is 0 Å². The number of rotatable bonds is 4. The van der Waals surface area contributed by atoms with Gasteiger partial charge in [-0.2, -0.15) is 0 Å². The Morgan fingerprint density at radius 1 is 1.33 bits per heavy atom. The second-order valence-corrected chi connectivity index (χ2v) is 6.19. The van der Waals surface area contributed by atoms with Gasteiger partial charge in [0.25, 0.3) is 0 Å². The van der Waals surface area contributed by atoms with E-state index in [9.17, 15) is 0 Å². The molecule has 2 heterocycles. The van der Waals surface area contributed by atoms with Crippen molar-refractivity contribution in [3.05, 3.63) is 39.2 Å². The van der Waals surface area contributed by atoms with Gasteiger partial charge in [-0.15, -0.1) is 11.3 Å². The van der Waals surface area contributed by atoms with E-state index in [1.54, 1.807) is 11.3 Å². The van der Waals surface area contributed by atoms with Crippen molar-refractivity contribution in [2.75, 3.05) is 7.05 Å². The van der Waals surface area contributed by atoms with Crippen molar-refractivity contribution in [2.45, 2.75) is 40.3 Å². The number of furan rings is 1. The molecule has 0 amide bonds. The molecular weight excluding hydrogens is 244 g/mol. The summed E-state index contributed by atoms with van der Waals surface area (Å²) in [5.41, 5.74) is 1.18. The van der Waals surface area contributed by atoms with E-state index in [1.807, 2.05) is 19.1 Å². The lowest BCUT2D eigenvalue weighted by molar-refractivity contribution is 0.227. The van der Waals surface area contributed by atoms with E-state index in [1.165, 1.54) is 10.6 Å². The maximum atomic E-state index is 5.62. The monoisotopic (exact) mass is 264 g/mol. The lowest BCUT2D eigenvalue weighted by atomic mass is 10.2. The molecule has 0 aliphatic heterocycles. The highest BCUT2D eigenvalue weighted by Crippen LogP contribution is 2.27. The van der Waals surface area contributed by atoms with Crippen LogP contribution in [0.2, 0.25) is 0 Å². The molecule has 2 rings (SSSR count). The molecule has 2 aromatic heterocycles. The highest BCUT2D eigenvalue weighted by molar-refractivity contribution is 7.11. The second kappa shape index (κ2) is 5.24. The molecule has 0 N–H and O–H groups in total. The Labute approximate surface area is 112 Å². The van der Waals surface area contributed by atoms with Gasteiger partial charge >= 0.3 is 0 Å². The molecular formula is C14H20N2OS. The number of aromatic nitrogens is 1. The Hall–Kier alpha value is -1.13. The maximum absolute atomic E-state index is 5.62. The van der Waals surface area contributed by atoms with Gasteiger partial charge in [-0.3, -0.25) is 4.90 Å². The van der Waals surface area contributed by atoms with Crippen LogP contribution in [-0.4, -0.2) is 16.9 Å². The van der Waals surface area contributed by atoms with Gasteiger partial charge in [-0.1, -0.05) is 0 Å². The summed E-state index contributed by atoms with van der Waals surface area (Å²) in [6.07, 6.45) is 0. The van der Waals surface area contributed by atoms with Crippen LogP contribution >= 0.6 is 11.3 Å². The fourth-order valence-corrected chi connectivity index (χ4v) is 3.00. The summed E-state index contributed by atoms with van der Waals surface area (Å²) in [6, 6.07) is 4.35. The average Bonchev–Trinajstić information content (AvgIpc) is 2.84. The van der Waals surface area contributed by atoms with Crippen molar-refractivity contribution in [1.82, 2.24) is 9.88 Å². The quantitative estimate of drug-likeness (QED) is 0.840. The van der Waals surface area contributed by atoms with Gasteiger partial charge in [-0.05, 0) is 46.9 Å². The smallest absolute Gasteiger partial charge is 0.118 e. The molecule has 0 aliphatic carbocycles. The topological polar surface area (TPSA) is 29.3 Å².